The van der Waals surface area contributed by atoms with Gasteiger partial charge in [-0.05, 0) is 49.9 Å². The van der Waals surface area contributed by atoms with E-state index in [0.717, 1.165) is 36.2 Å². The van der Waals surface area contributed by atoms with Crippen molar-refractivity contribution in [2.75, 3.05) is 11.4 Å². The Hall–Kier alpha value is -2.53. The zero-order chi connectivity index (χ0) is 15.5. The second-order valence-corrected chi connectivity index (χ2v) is 5.76. The van der Waals surface area contributed by atoms with Gasteiger partial charge in [-0.3, -0.25) is 4.79 Å². The highest BCUT2D eigenvalue weighted by atomic mass is 16.2. The molecular weight excluding hydrogens is 270 g/mol. The molecule has 0 unspecified atom stereocenters. The van der Waals surface area contributed by atoms with Crippen LogP contribution in [0.1, 0.15) is 28.7 Å². The molecule has 2 heteroatoms. The minimum absolute atomic E-state index is 0.118. The molecule has 22 heavy (non-hydrogen) atoms. The Labute approximate surface area is 131 Å². The van der Waals surface area contributed by atoms with Crippen LogP contribution in [0.3, 0.4) is 0 Å². The summed E-state index contributed by atoms with van der Waals surface area (Å²) in [5.41, 5.74) is 5.48. The summed E-state index contributed by atoms with van der Waals surface area (Å²) in [5.74, 6) is 5.72. The maximum Gasteiger partial charge on any atom is 0.303 e. The SMILES string of the molecule is Cc1ccc(C#CC(=O)N2CCCc3ccccc32)c(C)c1. The molecule has 3 rings (SSSR count). The second kappa shape index (κ2) is 6.07. The molecule has 2 aromatic rings. The minimum Gasteiger partial charge on any atom is -0.301 e. The molecule has 0 spiro atoms. The molecule has 0 radical (unpaired) electrons. The first-order valence-corrected chi connectivity index (χ1v) is 7.64. The van der Waals surface area contributed by atoms with Crippen molar-refractivity contribution >= 4 is 11.6 Å². The average Bonchev–Trinajstić information content (AvgIpc) is 2.53. The topological polar surface area (TPSA) is 20.3 Å². The lowest BCUT2D eigenvalue weighted by Gasteiger charge is -2.27. The van der Waals surface area contributed by atoms with Crippen molar-refractivity contribution in [3.05, 3.63) is 64.7 Å². The van der Waals surface area contributed by atoms with Gasteiger partial charge in [0.25, 0.3) is 0 Å². The molecule has 110 valence electrons. The fourth-order valence-corrected chi connectivity index (χ4v) is 2.89. The van der Waals surface area contributed by atoms with Crippen LogP contribution in [-0.2, 0) is 11.2 Å². The number of benzene rings is 2. The molecule has 1 amide bonds. The molecule has 0 saturated heterocycles. The summed E-state index contributed by atoms with van der Waals surface area (Å²) in [4.78, 5) is 14.3. The molecule has 1 heterocycles. The third-order valence-corrected chi connectivity index (χ3v) is 4.04. The van der Waals surface area contributed by atoms with Gasteiger partial charge >= 0.3 is 5.91 Å². The number of carbonyl (C=O) groups is 1. The van der Waals surface area contributed by atoms with E-state index >= 15 is 0 Å². The number of nitrogens with zero attached hydrogens (tertiary/aromatic N) is 1. The standard InChI is InChI=1S/C20H19NO/c1-15-9-10-17(16(2)14-15)11-12-20(22)21-13-5-7-18-6-3-4-8-19(18)21/h3-4,6,8-10,14H,5,7,13H2,1-2H3. The van der Waals surface area contributed by atoms with Crippen LogP contribution in [0.15, 0.2) is 42.5 Å². The first-order valence-electron chi connectivity index (χ1n) is 7.64. The van der Waals surface area contributed by atoms with Gasteiger partial charge in [0, 0.05) is 23.7 Å². The number of amides is 1. The van der Waals surface area contributed by atoms with E-state index in [-0.39, 0.29) is 5.91 Å². The summed E-state index contributed by atoms with van der Waals surface area (Å²) < 4.78 is 0. The predicted octanol–water partition coefficient (Wildman–Crippen LogP) is 3.63. The van der Waals surface area contributed by atoms with Crippen LogP contribution in [0.5, 0.6) is 0 Å². The molecule has 1 aliphatic rings. The molecule has 2 nitrogen and oxygen atoms in total. The van der Waals surface area contributed by atoms with Crippen LogP contribution < -0.4 is 4.90 Å². The van der Waals surface area contributed by atoms with Gasteiger partial charge in [0.15, 0.2) is 0 Å². The summed E-state index contributed by atoms with van der Waals surface area (Å²) in [5, 5.41) is 0. The van der Waals surface area contributed by atoms with Crippen LogP contribution >= 0.6 is 0 Å². The Morgan fingerprint density at radius 3 is 2.77 bits per heavy atom. The number of rotatable bonds is 0. The largest absolute Gasteiger partial charge is 0.303 e. The zero-order valence-electron chi connectivity index (χ0n) is 13.0. The van der Waals surface area contributed by atoms with Crippen LogP contribution in [0.4, 0.5) is 5.69 Å². The molecule has 0 fully saturated rings. The lowest BCUT2D eigenvalue weighted by atomic mass is 10.0. The van der Waals surface area contributed by atoms with Crippen molar-refractivity contribution in [2.24, 2.45) is 0 Å². The van der Waals surface area contributed by atoms with Crippen molar-refractivity contribution in [3.63, 3.8) is 0 Å². The van der Waals surface area contributed by atoms with Crippen molar-refractivity contribution < 1.29 is 4.79 Å². The predicted molar refractivity (Wildman–Crippen MR) is 89.9 cm³/mol. The molecule has 0 aliphatic carbocycles. The van der Waals surface area contributed by atoms with Gasteiger partial charge in [0.2, 0.25) is 0 Å². The fourth-order valence-electron chi connectivity index (χ4n) is 2.89. The highest BCUT2D eigenvalue weighted by molar-refractivity contribution is 6.06. The maximum absolute atomic E-state index is 12.5. The van der Waals surface area contributed by atoms with Crippen LogP contribution in [0, 0.1) is 25.7 Å². The van der Waals surface area contributed by atoms with Crippen LogP contribution in [-0.4, -0.2) is 12.5 Å². The van der Waals surface area contributed by atoms with E-state index in [1.54, 1.807) is 4.90 Å². The molecule has 2 aromatic carbocycles. The quantitative estimate of drug-likeness (QED) is 0.678. The molecule has 0 aromatic heterocycles. The van der Waals surface area contributed by atoms with Gasteiger partial charge in [-0.15, -0.1) is 0 Å². The molecule has 1 aliphatic heterocycles. The van der Waals surface area contributed by atoms with Crippen molar-refractivity contribution in [1.82, 2.24) is 0 Å². The molecule has 0 saturated carbocycles. The zero-order valence-corrected chi connectivity index (χ0v) is 13.0. The van der Waals surface area contributed by atoms with Crippen molar-refractivity contribution in [2.45, 2.75) is 26.7 Å². The van der Waals surface area contributed by atoms with E-state index in [0.29, 0.717) is 0 Å². The summed E-state index contributed by atoms with van der Waals surface area (Å²) in [6.07, 6.45) is 2.03. The van der Waals surface area contributed by atoms with Gasteiger partial charge in [0.1, 0.15) is 0 Å². The monoisotopic (exact) mass is 289 g/mol. The lowest BCUT2D eigenvalue weighted by Crippen LogP contribution is -2.34. The van der Waals surface area contributed by atoms with E-state index in [9.17, 15) is 4.79 Å². The summed E-state index contributed by atoms with van der Waals surface area (Å²) >= 11 is 0. The van der Waals surface area contributed by atoms with Gasteiger partial charge in [-0.25, -0.2) is 0 Å². The smallest absolute Gasteiger partial charge is 0.301 e. The maximum atomic E-state index is 12.5. The molecule has 0 bridgehead atoms. The molecular formula is C20H19NO. The van der Waals surface area contributed by atoms with E-state index < -0.39 is 0 Å². The van der Waals surface area contributed by atoms with Crippen LogP contribution in [0.25, 0.3) is 0 Å². The molecule has 0 atom stereocenters. The normalized spacial score (nSPS) is 13.1. The van der Waals surface area contributed by atoms with E-state index in [2.05, 4.69) is 30.9 Å². The van der Waals surface area contributed by atoms with Crippen molar-refractivity contribution in [3.8, 4) is 11.8 Å². The number of hydrogen-bond donors (Lipinski definition) is 0. The highest BCUT2D eigenvalue weighted by Crippen LogP contribution is 2.26. The Morgan fingerprint density at radius 2 is 1.95 bits per heavy atom. The van der Waals surface area contributed by atoms with E-state index in [4.69, 9.17) is 0 Å². The number of aryl methyl sites for hydroxylation is 3. The van der Waals surface area contributed by atoms with Gasteiger partial charge in [-0.1, -0.05) is 41.8 Å². The summed E-state index contributed by atoms with van der Waals surface area (Å²) in [6.45, 7) is 4.83. The fraction of sp³-hybridized carbons (Fsp3) is 0.250. The Morgan fingerprint density at radius 1 is 1.14 bits per heavy atom. The number of hydrogen-bond acceptors (Lipinski definition) is 1. The van der Waals surface area contributed by atoms with E-state index in [1.807, 2.05) is 37.3 Å². The van der Waals surface area contributed by atoms with Gasteiger partial charge < -0.3 is 4.90 Å². The van der Waals surface area contributed by atoms with Gasteiger partial charge in [-0.2, -0.15) is 0 Å². The van der Waals surface area contributed by atoms with E-state index in [1.165, 1.54) is 11.1 Å². The molecule has 0 N–H and O–H groups in total. The summed E-state index contributed by atoms with van der Waals surface area (Å²) in [7, 11) is 0. The summed E-state index contributed by atoms with van der Waals surface area (Å²) in [6, 6.07) is 14.2. The Bertz CT molecular complexity index is 780. The lowest BCUT2D eigenvalue weighted by molar-refractivity contribution is -0.113. The Kier molecular flexibility index (Phi) is 3.98. The average molecular weight is 289 g/mol. The number of para-hydroxylation sites is 1. The number of fused-ring (bicyclic) bond motifs is 1. The number of carbonyl (C=O) groups excluding carboxylic acids is 1. The third-order valence-electron chi connectivity index (χ3n) is 4.04. The first-order chi connectivity index (χ1) is 10.6. The highest BCUT2D eigenvalue weighted by Gasteiger charge is 2.20. The van der Waals surface area contributed by atoms with Gasteiger partial charge in [0.05, 0.1) is 0 Å². The second-order valence-electron chi connectivity index (χ2n) is 5.76. The minimum atomic E-state index is -0.118. The first kappa shape index (κ1) is 14.4. The number of anilines is 1. The van der Waals surface area contributed by atoms with Crippen molar-refractivity contribution in [1.29, 1.82) is 0 Å². The third kappa shape index (κ3) is 2.89. The Balaban J connectivity index is 1.86. The van der Waals surface area contributed by atoms with Crippen LogP contribution in [0.2, 0.25) is 0 Å².